The first-order valence-corrected chi connectivity index (χ1v) is 8.87. The summed E-state index contributed by atoms with van der Waals surface area (Å²) in [5.41, 5.74) is 11.9. The van der Waals surface area contributed by atoms with Gasteiger partial charge in [-0.05, 0) is 42.2 Å². The number of hydrazone groups is 1. The molecule has 1 aliphatic rings. The van der Waals surface area contributed by atoms with Gasteiger partial charge in [0.2, 0.25) is 0 Å². The maximum atomic E-state index is 12.3. The molecule has 0 spiro atoms. The van der Waals surface area contributed by atoms with Gasteiger partial charge in [-0.25, -0.2) is 16.3 Å². The molecule has 3 rings (SSSR count). The van der Waals surface area contributed by atoms with Gasteiger partial charge in [-0.1, -0.05) is 48.5 Å². The van der Waals surface area contributed by atoms with E-state index in [9.17, 15) is 4.79 Å². The molecular formula is C21H24N4O2. The largest absolute Gasteiger partial charge is 0.497 e. The van der Waals surface area contributed by atoms with Crippen molar-refractivity contribution in [3.05, 3.63) is 71.3 Å². The number of hydrogen-bond donors (Lipinski definition) is 3. The highest BCUT2D eigenvalue weighted by molar-refractivity contribution is 5.87. The second-order valence-corrected chi connectivity index (χ2v) is 6.44. The second-order valence-electron chi connectivity index (χ2n) is 6.44. The van der Waals surface area contributed by atoms with Crippen molar-refractivity contribution in [1.29, 1.82) is 0 Å². The quantitative estimate of drug-likeness (QED) is 0.544. The molecule has 2 atom stereocenters. The fourth-order valence-electron chi connectivity index (χ4n) is 2.91. The third-order valence-electron chi connectivity index (χ3n) is 4.37. The Balaban J connectivity index is 1.50. The van der Waals surface area contributed by atoms with Crippen LogP contribution in [0.1, 0.15) is 30.5 Å². The molecule has 0 radical (unpaired) electrons. The zero-order valence-corrected chi connectivity index (χ0v) is 15.5. The van der Waals surface area contributed by atoms with Crippen LogP contribution in [0.5, 0.6) is 5.75 Å². The predicted octanol–water partition coefficient (Wildman–Crippen LogP) is 2.81. The molecule has 2 aromatic carbocycles. The highest BCUT2D eigenvalue weighted by atomic mass is 16.5. The van der Waals surface area contributed by atoms with Crippen molar-refractivity contribution in [1.82, 2.24) is 16.3 Å². The van der Waals surface area contributed by atoms with Crippen LogP contribution in [0.15, 0.2) is 65.3 Å². The van der Waals surface area contributed by atoms with Gasteiger partial charge in [0, 0.05) is 6.04 Å². The molecule has 0 aromatic heterocycles. The third kappa shape index (κ3) is 5.26. The fraction of sp³-hybridized carbons (Fsp3) is 0.238. The van der Waals surface area contributed by atoms with Crippen LogP contribution >= 0.6 is 0 Å². The highest BCUT2D eigenvalue weighted by Gasteiger charge is 2.29. The number of hydrazine groups is 1. The van der Waals surface area contributed by atoms with E-state index in [4.69, 9.17) is 4.74 Å². The summed E-state index contributed by atoms with van der Waals surface area (Å²) in [7, 11) is 1.64. The summed E-state index contributed by atoms with van der Waals surface area (Å²) < 4.78 is 5.17. The van der Waals surface area contributed by atoms with E-state index in [2.05, 4.69) is 21.4 Å². The summed E-state index contributed by atoms with van der Waals surface area (Å²) >= 11 is 0. The van der Waals surface area contributed by atoms with Crippen LogP contribution in [-0.4, -0.2) is 25.3 Å². The van der Waals surface area contributed by atoms with Crippen molar-refractivity contribution < 1.29 is 9.53 Å². The number of carbonyl (C=O) groups is 1. The van der Waals surface area contributed by atoms with Gasteiger partial charge in [0.25, 0.3) is 5.91 Å². The summed E-state index contributed by atoms with van der Waals surface area (Å²) in [5, 5.41) is 4.06. The monoisotopic (exact) mass is 364 g/mol. The molecule has 3 N–H and O–H groups in total. The number of benzene rings is 2. The Morgan fingerprint density at radius 3 is 2.59 bits per heavy atom. The Morgan fingerprint density at radius 2 is 1.89 bits per heavy atom. The fourth-order valence-corrected chi connectivity index (χ4v) is 2.91. The number of hydrogen-bond acceptors (Lipinski definition) is 5. The van der Waals surface area contributed by atoms with E-state index in [0.717, 1.165) is 22.4 Å². The first-order chi connectivity index (χ1) is 13.2. The van der Waals surface area contributed by atoms with Gasteiger partial charge in [-0.3, -0.25) is 4.79 Å². The van der Waals surface area contributed by atoms with Crippen molar-refractivity contribution in [3.8, 4) is 5.75 Å². The Hall–Kier alpha value is -2.96. The van der Waals surface area contributed by atoms with Gasteiger partial charge >= 0.3 is 0 Å². The molecule has 0 saturated carbocycles. The molecule has 27 heavy (non-hydrogen) atoms. The second kappa shape index (κ2) is 9.12. The van der Waals surface area contributed by atoms with Crippen LogP contribution in [0.4, 0.5) is 0 Å². The van der Waals surface area contributed by atoms with Gasteiger partial charge in [-0.2, -0.15) is 5.10 Å². The molecule has 0 bridgehead atoms. The van der Waals surface area contributed by atoms with Crippen molar-refractivity contribution in [2.75, 3.05) is 7.11 Å². The SMILES string of the molecule is COc1ccc(C2CC(C(=O)N/N=C\C(C)=C\c3ccccc3)NN2)cc1. The number of methoxy groups -OCH3 is 1. The van der Waals surface area contributed by atoms with Gasteiger partial charge in [0.05, 0.1) is 13.3 Å². The van der Waals surface area contributed by atoms with E-state index in [0.29, 0.717) is 6.42 Å². The number of allylic oxidation sites excluding steroid dienone is 1. The van der Waals surface area contributed by atoms with Gasteiger partial charge < -0.3 is 4.74 Å². The lowest BCUT2D eigenvalue weighted by atomic mass is 10.0. The molecule has 2 unspecified atom stereocenters. The third-order valence-corrected chi connectivity index (χ3v) is 4.37. The van der Waals surface area contributed by atoms with Crippen LogP contribution in [-0.2, 0) is 4.79 Å². The minimum absolute atomic E-state index is 0.0651. The summed E-state index contributed by atoms with van der Waals surface area (Å²) in [5.74, 6) is 0.648. The Labute approximate surface area is 159 Å². The number of ether oxygens (including phenoxy) is 1. The van der Waals surface area contributed by atoms with Crippen molar-refractivity contribution >= 4 is 18.2 Å². The van der Waals surface area contributed by atoms with Crippen LogP contribution in [0.3, 0.4) is 0 Å². The molecule has 1 fully saturated rings. The number of nitrogens with one attached hydrogen (secondary N) is 3. The van der Waals surface area contributed by atoms with Gasteiger partial charge in [0.1, 0.15) is 11.8 Å². The van der Waals surface area contributed by atoms with Gasteiger partial charge in [0.15, 0.2) is 0 Å². The Kier molecular flexibility index (Phi) is 6.35. The van der Waals surface area contributed by atoms with E-state index < -0.39 is 0 Å². The van der Waals surface area contributed by atoms with Crippen molar-refractivity contribution in [3.63, 3.8) is 0 Å². The standard InChI is InChI=1S/C21H24N4O2/c1-15(12-16-6-4-3-5-7-16)14-22-25-21(26)20-13-19(23-24-20)17-8-10-18(27-2)11-9-17/h3-12,14,19-20,23-24H,13H2,1-2H3,(H,25,26)/b15-12+,22-14-. The number of carbonyl (C=O) groups excluding carboxylic acids is 1. The smallest absolute Gasteiger partial charge is 0.258 e. The number of amides is 1. The van der Waals surface area contributed by atoms with Crippen LogP contribution in [0, 0.1) is 0 Å². The molecule has 2 aromatic rings. The van der Waals surface area contributed by atoms with E-state index in [1.165, 1.54) is 0 Å². The topological polar surface area (TPSA) is 74.8 Å². The maximum Gasteiger partial charge on any atom is 0.258 e. The molecule has 140 valence electrons. The lowest BCUT2D eigenvalue weighted by Crippen LogP contribution is -2.41. The van der Waals surface area contributed by atoms with Crippen LogP contribution in [0.2, 0.25) is 0 Å². The Morgan fingerprint density at radius 1 is 1.15 bits per heavy atom. The van der Waals surface area contributed by atoms with Crippen LogP contribution in [0.25, 0.3) is 6.08 Å². The summed E-state index contributed by atoms with van der Waals surface area (Å²) in [6.45, 7) is 1.94. The first kappa shape index (κ1) is 18.8. The lowest BCUT2D eigenvalue weighted by Gasteiger charge is -2.10. The minimum atomic E-state index is -0.340. The average molecular weight is 364 g/mol. The molecule has 1 amide bonds. The number of rotatable bonds is 6. The summed E-state index contributed by atoms with van der Waals surface area (Å²) in [6, 6.07) is 17.5. The van der Waals surface area contributed by atoms with E-state index >= 15 is 0 Å². The molecule has 1 heterocycles. The van der Waals surface area contributed by atoms with E-state index in [1.807, 2.05) is 67.6 Å². The van der Waals surface area contributed by atoms with Crippen molar-refractivity contribution in [2.45, 2.75) is 25.4 Å². The zero-order valence-electron chi connectivity index (χ0n) is 15.5. The number of nitrogens with zero attached hydrogens (tertiary/aromatic N) is 1. The highest BCUT2D eigenvalue weighted by Crippen LogP contribution is 2.24. The van der Waals surface area contributed by atoms with Crippen LogP contribution < -0.4 is 21.0 Å². The maximum absolute atomic E-state index is 12.3. The molecular weight excluding hydrogens is 340 g/mol. The molecule has 6 nitrogen and oxygen atoms in total. The lowest BCUT2D eigenvalue weighted by molar-refractivity contribution is -0.122. The predicted molar refractivity (Wildman–Crippen MR) is 107 cm³/mol. The molecule has 1 saturated heterocycles. The Bertz CT molecular complexity index is 816. The summed E-state index contributed by atoms with van der Waals surface area (Å²) in [6.07, 6.45) is 4.30. The first-order valence-electron chi connectivity index (χ1n) is 8.87. The van der Waals surface area contributed by atoms with E-state index in [1.54, 1.807) is 13.3 Å². The minimum Gasteiger partial charge on any atom is -0.497 e. The molecule has 6 heteroatoms. The molecule has 1 aliphatic heterocycles. The summed E-state index contributed by atoms with van der Waals surface area (Å²) in [4.78, 5) is 12.3. The zero-order chi connectivity index (χ0) is 19.1. The van der Waals surface area contributed by atoms with E-state index in [-0.39, 0.29) is 18.0 Å². The van der Waals surface area contributed by atoms with Crippen molar-refractivity contribution in [2.24, 2.45) is 5.10 Å². The normalized spacial score (nSPS) is 20.0. The molecule has 0 aliphatic carbocycles. The van der Waals surface area contributed by atoms with Gasteiger partial charge in [-0.15, -0.1) is 0 Å². The average Bonchev–Trinajstić information content (AvgIpc) is 3.19.